The zero-order valence-corrected chi connectivity index (χ0v) is 14.1. The monoisotopic (exact) mass is 339 g/mol. The van der Waals surface area contributed by atoms with Crippen molar-refractivity contribution >= 4 is 23.3 Å². The minimum absolute atomic E-state index is 0.0503. The molecule has 3 amide bonds. The average Bonchev–Trinajstić information content (AvgIpc) is 3.16. The van der Waals surface area contributed by atoms with Crippen LogP contribution in [0.4, 0.5) is 16.2 Å². The number of rotatable bonds is 4. The molecular formula is C19H21N3O3. The smallest absolute Gasteiger partial charge is 0.323 e. The van der Waals surface area contributed by atoms with Crippen LogP contribution >= 0.6 is 0 Å². The molecule has 130 valence electrons. The van der Waals surface area contributed by atoms with Gasteiger partial charge in [0.05, 0.1) is 24.0 Å². The van der Waals surface area contributed by atoms with E-state index in [1.165, 1.54) is 0 Å². The number of hydrogen-bond acceptors (Lipinski definition) is 3. The predicted octanol–water partition coefficient (Wildman–Crippen LogP) is 3.58. The molecule has 0 spiro atoms. The zero-order valence-electron chi connectivity index (χ0n) is 14.1. The van der Waals surface area contributed by atoms with E-state index in [9.17, 15) is 9.59 Å². The van der Waals surface area contributed by atoms with Gasteiger partial charge in [0.15, 0.2) is 0 Å². The number of anilines is 2. The van der Waals surface area contributed by atoms with E-state index in [2.05, 4.69) is 10.6 Å². The van der Waals surface area contributed by atoms with E-state index in [1.807, 2.05) is 17.0 Å². The maximum atomic E-state index is 12.6. The minimum Gasteiger partial charge on any atom is -0.495 e. The number of nitrogens with zero attached hydrogens (tertiary/aromatic N) is 1. The molecule has 0 saturated carbocycles. The number of carbonyl (C=O) groups is 2. The Morgan fingerprint density at radius 3 is 2.24 bits per heavy atom. The molecule has 3 rings (SSSR count). The number of likely N-dealkylation sites (tertiary alicyclic amines) is 1. The Labute approximate surface area is 146 Å². The SMILES string of the molecule is COc1ccccc1NC(=O)Nc1ccccc1C(=O)N1CCCC1. The lowest BCUT2D eigenvalue weighted by Crippen LogP contribution is -2.29. The Hall–Kier alpha value is -3.02. The van der Waals surface area contributed by atoms with Gasteiger partial charge in [-0.05, 0) is 37.1 Å². The highest BCUT2D eigenvalue weighted by Gasteiger charge is 2.22. The van der Waals surface area contributed by atoms with Gasteiger partial charge in [0.1, 0.15) is 5.75 Å². The van der Waals surface area contributed by atoms with Crippen molar-refractivity contribution in [2.45, 2.75) is 12.8 Å². The van der Waals surface area contributed by atoms with Crippen molar-refractivity contribution in [2.24, 2.45) is 0 Å². The van der Waals surface area contributed by atoms with Crippen molar-refractivity contribution in [3.63, 3.8) is 0 Å². The summed E-state index contributed by atoms with van der Waals surface area (Å²) >= 11 is 0. The summed E-state index contributed by atoms with van der Waals surface area (Å²) in [5, 5.41) is 5.51. The molecule has 2 aromatic carbocycles. The summed E-state index contributed by atoms with van der Waals surface area (Å²) in [6.45, 7) is 1.53. The van der Waals surface area contributed by atoms with Crippen molar-refractivity contribution in [1.82, 2.24) is 4.90 Å². The standard InChI is InChI=1S/C19H21N3O3/c1-25-17-11-5-4-10-16(17)21-19(24)20-15-9-3-2-8-14(15)18(23)22-12-6-7-13-22/h2-5,8-11H,6-7,12-13H2,1H3,(H2,20,21,24). The highest BCUT2D eigenvalue weighted by molar-refractivity contribution is 6.06. The number of methoxy groups -OCH3 is 1. The zero-order chi connectivity index (χ0) is 17.6. The summed E-state index contributed by atoms with van der Waals surface area (Å²) < 4.78 is 5.22. The van der Waals surface area contributed by atoms with E-state index in [0.717, 1.165) is 25.9 Å². The number of hydrogen-bond donors (Lipinski definition) is 2. The van der Waals surface area contributed by atoms with E-state index < -0.39 is 6.03 Å². The third-order valence-corrected chi connectivity index (χ3v) is 4.15. The summed E-state index contributed by atoms with van der Waals surface area (Å²) in [6.07, 6.45) is 2.05. The number of amides is 3. The molecule has 0 aromatic heterocycles. The highest BCUT2D eigenvalue weighted by atomic mass is 16.5. The van der Waals surface area contributed by atoms with E-state index in [0.29, 0.717) is 22.7 Å². The normalized spacial score (nSPS) is 13.4. The van der Waals surface area contributed by atoms with E-state index in [-0.39, 0.29) is 5.91 Å². The molecule has 0 radical (unpaired) electrons. The van der Waals surface area contributed by atoms with Gasteiger partial charge in [-0.25, -0.2) is 4.79 Å². The second-order valence-corrected chi connectivity index (χ2v) is 5.82. The maximum Gasteiger partial charge on any atom is 0.323 e. The topological polar surface area (TPSA) is 70.7 Å². The summed E-state index contributed by atoms with van der Waals surface area (Å²) in [4.78, 5) is 26.8. The molecule has 2 aromatic rings. The van der Waals surface area contributed by atoms with Gasteiger partial charge in [-0.2, -0.15) is 0 Å². The first-order valence-electron chi connectivity index (χ1n) is 8.28. The molecule has 1 aliphatic rings. The van der Waals surface area contributed by atoms with Gasteiger partial charge in [-0.1, -0.05) is 24.3 Å². The van der Waals surface area contributed by atoms with Gasteiger partial charge in [0, 0.05) is 13.1 Å². The largest absolute Gasteiger partial charge is 0.495 e. The van der Waals surface area contributed by atoms with Crippen molar-refractivity contribution in [3.8, 4) is 5.75 Å². The van der Waals surface area contributed by atoms with Gasteiger partial charge in [0.2, 0.25) is 0 Å². The lowest BCUT2D eigenvalue weighted by atomic mass is 10.1. The molecule has 2 N–H and O–H groups in total. The summed E-state index contributed by atoms with van der Waals surface area (Å²) in [6, 6.07) is 13.8. The number of urea groups is 1. The van der Waals surface area contributed by atoms with Crippen LogP contribution in [0.15, 0.2) is 48.5 Å². The Bertz CT molecular complexity index is 770. The molecule has 25 heavy (non-hydrogen) atoms. The van der Waals surface area contributed by atoms with E-state index >= 15 is 0 Å². The van der Waals surface area contributed by atoms with E-state index in [4.69, 9.17) is 4.74 Å². The lowest BCUT2D eigenvalue weighted by Gasteiger charge is -2.18. The van der Waals surface area contributed by atoms with Crippen molar-refractivity contribution in [3.05, 3.63) is 54.1 Å². The lowest BCUT2D eigenvalue weighted by molar-refractivity contribution is 0.0794. The van der Waals surface area contributed by atoms with Gasteiger partial charge in [-0.3, -0.25) is 4.79 Å². The Balaban J connectivity index is 1.74. The Morgan fingerprint density at radius 2 is 1.52 bits per heavy atom. The number of nitrogens with one attached hydrogen (secondary N) is 2. The van der Waals surface area contributed by atoms with Crippen LogP contribution in [0.2, 0.25) is 0 Å². The fourth-order valence-electron chi connectivity index (χ4n) is 2.89. The number of ether oxygens (including phenoxy) is 1. The van der Waals surface area contributed by atoms with Gasteiger partial charge < -0.3 is 20.3 Å². The van der Waals surface area contributed by atoms with Crippen LogP contribution in [-0.2, 0) is 0 Å². The maximum absolute atomic E-state index is 12.6. The van der Waals surface area contributed by atoms with Crippen LogP contribution in [0.3, 0.4) is 0 Å². The summed E-state index contributed by atoms with van der Waals surface area (Å²) in [5.41, 5.74) is 1.55. The average molecular weight is 339 g/mol. The second-order valence-electron chi connectivity index (χ2n) is 5.82. The summed E-state index contributed by atoms with van der Waals surface area (Å²) in [7, 11) is 1.54. The molecule has 0 atom stereocenters. The highest BCUT2D eigenvalue weighted by Crippen LogP contribution is 2.24. The molecular weight excluding hydrogens is 318 g/mol. The Kier molecular flexibility index (Phi) is 5.18. The molecule has 0 unspecified atom stereocenters. The van der Waals surface area contributed by atoms with E-state index in [1.54, 1.807) is 43.5 Å². The second kappa shape index (κ2) is 7.70. The number of benzene rings is 2. The van der Waals surface area contributed by atoms with Crippen LogP contribution in [0.5, 0.6) is 5.75 Å². The molecule has 1 saturated heterocycles. The minimum atomic E-state index is -0.425. The third kappa shape index (κ3) is 3.91. The van der Waals surface area contributed by atoms with Gasteiger partial charge >= 0.3 is 6.03 Å². The van der Waals surface area contributed by atoms with Gasteiger partial charge in [0.25, 0.3) is 5.91 Å². The molecule has 0 aliphatic carbocycles. The van der Waals surface area contributed by atoms with Crippen molar-refractivity contribution in [1.29, 1.82) is 0 Å². The number of para-hydroxylation sites is 3. The first-order chi connectivity index (χ1) is 12.2. The fraction of sp³-hybridized carbons (Fsp3) is 0.263. The molecule has 1 aliphatic heterocycles. The molecule has 0 bridgehead atoms. The fourth-order valence-corrected chi connectivity index (χ4v) is 2.89. The molecule has 6 nitrogen and oxygen atoms in total. The molecule has 6 heteroatoms. The van der Waals surface area contributed by atoms with Crippen LogP contribution in [0.1, 0.15) is 23.2 Å². The quantitative estimate of drug-likeness (QED) is 0.894. The molecule has 1 fully saturated rings. The van der Waals surface area contributed by atoms with Crippen LogP contribution < -0.4 is 15.4 Å². The predicted molar refractivity (Wildman–Crippen MR) is 97.2 cm³/mol. The summed E-state index contributed by atoms with van der Waals surface area (Å²) in [5.74, 6) is 0.518. The Morgan fingerprint density at radius 1 is 0.920 bits per heavy atom. The molecule has 1 heterocycles. The van der Waals surface area contributed by atoms with Crippen LogP contribution in [0.25, 0.3) is 0 Å². The first-order valence-corrected chi connectivity index (χ1v) is 8.28. The van der Waals surface area contributed by atoms with Crippen molar-refractivity contribution < 1.29 is 14.3 Å². The van der Waals surface area contributed by atoms with Gasteiger partial charge in [-0.15, -0.1) is 0 Å². The number of carbonyl (C=O) groups excluding carboxylic acids is 2. The first kappa shape index (κ1) is 16.8. The van der Waals surface area contributed by atoms with Crippen molar-refractivity contribution in [2.75, 3.05) is 30.8 Å². The van der Waals surface area contributed by atoms with Crippen LogP contribution in [0, 0.1) is 0 Å². The third-order valence-electron chi connectivity index (χ3n) is 4.15. The van der Waals surface area contributed by atoms with Crippen LogP contribution in [-0.4, -0.2) is 37.0 Å².